The topological polar surface area (TPSA) is 58.4 Å². The van der Waals surface area contributed by atoms with Gasteiger partial charge in [0.1, 0.15) is 0 Å². The van der Waals surface area contributed by atoms with Crippen molar-refractivity contribution in [3.63, 3.8) is 0 Å². The van der Waals surface area contributed by atoms with E-state index in [-0.39, 0.29) is 5.78 Å². The van der Waals surface area contributed by atoms with Gasteiger partial charge in [-0.05, 0) is 6.92 Å². The number of nitrogens with zero attached hydrogens (tertiary/aromatic N) is 3. The molecule has 1 aliphatic rings. The minimum Gasteiger partial charge on any atom is -0.324 e. The second kappa shape index (κ2) is 3.18. The molecule has 0 amide bonds. The minimum absolute atomic E-state index is 0.0225. The molecular formula is C9H13N3O2. The van der Waals surface area contributed by atoms with Crippen LogP contribution in [0, 0.1) is 0 Å². The van der Waals surface area contributed by atoms with E-state index in [4.69, 9.17) is 0 Å². The van der Waals surface area contributed by atoms with E-state index in [1.807, 2.05) is 11.5 Å². The van der Waals surface area contributed by atoms with Crippen molar-refractivity contribution in [1.82, 2.24) is 14.6 Å². The molecule has 76 valence electrons. The summed E-state index contributed by atoms with van der Waals surface area (Å²) in [7, 11) is 0. The zero-order chi connectivity index (χ0) is 10.3. The molecular weight excluding hydrogens is 182 g/mol. The summed E-state index contributed by atoms with van der Waals surface area (Å²) in [5.41, 5.74) is 1.78. The summed E-state index contributed by atoms with van der Waals surface area (Å²) in [5, 5.41) is 10.5. The van der Waals surface area contributed by atoms with E-state index in [0.717, 1.165) is 11.4 Å². The number of hydroxylamine groups is 2. The molecule has 0 atom stereocenters. The van der Waals surface area contributed by atoms with Crippen molar-refractivity contribution < 1.29 is 10.0 Å². The lowest BCUT2D eigenvalue weighted by Gasteiger charge is -2.08. The quantitative estimate of drug-likeness (QED) is 0.709. The lowest BCUT2D eigenvalue weighted by atomic mass is 10.4. The maximum atomic E-state index is 11.3. The number of aromatic nitrogens is 2. The smallest absolute Gasteiger partial charge is 0.195 e. The normalized spacial score (nSPS) is 15.9. The Kier molecular flexibility index (Phi) is 2.13. The molecule has 0 radical (unpaired) electrons. The van der Waals surface area contributed by atoms with E-state index >= 15 is 0 Å². The number of carbonyl (C=O) groups excluding carboxylic acids is 1. The molecule has 1 aromatic rings. The van der Waals surface area contributed by atoms with Crippen LogP contribution in [0.25, 0.3) is 0 Å². The maximum absolute atomic E-state index is 11.3. The Morgan fingerprint density at radius 2 is 2.29 bits per heavy atom. The highest BCUT2D eigenvalue weighted by Gasteiger charge is 2.26. The van der Waals surface area contributed by atoms with Crippen LogP contribution in [0.15, 0.2) is 0 Å². The summed E-state index contributed by atoms with van der Waals surface area (Å²) in [5.74, 6) is 0.483. The lowest BCUT2D eigenvalue weighted by molar-refractivity contribution is -0.0986. The molecule has 0 bridgehead atoms. The van der Waals surface area contributed by atoms with E-state index < -0.39 is 0 Å². The summed E-state index contributed by atoms with van der Waals surface area (Å²) < 4.78 is 1.87. The predicted octanol–water partition coefficient (Wildman–Crippen LogP) is 0.810. The SMILES string of the molecule is CCn1c(C(C)=O)nc2c1CN(O)C2. The van der Waals surface area contributed by atoms with Crippen LogP contribution in [-0.2, 0) is 19.6 Å². The molecule has 0 aromatic carbocycles. The monoisotopic (exact) mass is 195 g/mol. The third kappa shape index (κ3) is 1.25. The van der Waals surface area contributed by atoms with Crippen molar-refractivity contribution in [2.45, 2.75) is 33.5 Å². The fourth-order valence-corrected chi connectivity index (χ4v) is 1.85. The first-order valence-electron chi connectivity index (χ1n) is 4.66. The van der Waals surface area contributed by atoms with Gasteiger partial charge in [-0.15, -0.1) is 0 Å². The Hall–Kier alpha value is -1.20. The molecule has 0 saturated heterocycles. The van der Waals surface area contributed by atoms with Crippen molar-refractivity contribution >= 4 is 5.78 Å². The summed E-state index contributed by atoms with van der Waals surface area (Å²) in [6.45, 7) is 5.08. The minimum atomic E-state index is -0.0225. The number of Topliss-reactive ketones (excluding diaryl/α,β-unsaturated/α-hetero) is 1. The molecule has 14 heavy (non-hydrogen) atoms. The summed E-state index contributed by atoms with van der Waals surface area (Å²) in [4.78, 5) is 15.5. The van der Waals surface area contributed by atoms with Gasteiger partial charge in [0, 0.05) is 13.5 Å². The first kappa shape index (κ1) is 9.36. The van der Waals surface area contributed by atoms with Crippen LogP contribution in [0.4, 0.5) is 0 Å². The number of carbonyl (C=O) groups is 1. The number of ketones is 1. The van der Waals surface area contributed by atoms with E-state index in [1.54, 1.807) is 0 Å². The van der Waals surface area contributed by atoms with E-state index in [9.17, 15) is 10.0 Å². The third-order valence-corrected chi connectivity index (χ3v) is 2.45. The van der Waals surface area contributed by atoms with Gasteiger partial charge in [-0.1, -0.05) is 0 Å². The number of hydrogen-bond donors (Lipinski definition) is 1. The third-order valence-electron chi connectivity index (χ3n) is 2.45. The predicted molar refractivity (Wildman–Crippen MR) is 48.9 cm³/mol. The van der Waals surface area contributed by atoms with Crippen molar-refractivity contribution in [2.75, 3.05) is 0 Å². The Morgan fingerprint density at radius 3 is 2.86 bits per heavy atom. The Bertz CT molecular complexity index is 384. The molecule has 1 aromatic heterocycles. The largest absolute Gasteiger partial charge is 0.324 e. The second-order valence-electron chi connectivity index (χ2n) is 3.45. The van der Waals surface area contributed by atoms with Crippen molar-refractivity contribution in [3.05, 3.63) is 17.2 Å². The van der Waals surface area contributed by atoms with E-state index in [2.05, 4.69) is 4.98 Å². The van der Waals surface area contributed by atoms with E-state index in [0.29, 0.717) is 25.5 Å². The molecule has 5 heteroatoms. The van der Waals surface area contributed by atoms with Gasteiger partial charge >= 0.3 is 0 Å². The van der Waals surface area contributed by atoms with Crippen LogP contribution in [0.3, 0.4) is 0 Å². The Balaban J connectivity index is 2.48. The standard InChI is InChI=1S/C9H13N3O2/c1-3-12-8-5-11(14)4-7(8)10-9(12)6(2)13/h14H,3-5H2,1-2H3. The van der Waals surface area contributed by atoms with Crippen LogP contribution in [0.1, 0.15) is 35.9 Å². The van der Waals surface area contributed by atoms with Crippen LogP contribution in [-0.4, -0.2) is 25.6 Å². The maximum Gasteiger partial charge on any atom is 0.195 e. The first-order valence-corrected chi connectivity index (χ1v) is 4.66. The zero-order valence-corrected chi connectivity index (χ0v) is 8.32. The van der Waals surface area contributed by atoms with Crippen molar-refractivity contribution in [1.29, 1.82) is 0 Å². The average molecular weight is 195 g/mol. The first-order chi connectivity index (χ1) is 6.63. The Morgan fingerprint density at radius 1 is 1.57 bits per heavy atom. The van der Waals surface area contributed by atoms with Gasteiger partial charge in [0.05, 0.1) is 24.5 Å². The van der Waals surface area contributed by atoms with Crippen molar-refractivity contribution in [3.8, 4) is 0 Å². The fourth-order valence-electron chi connectivity index (χ4n) is 1.85. The van der Waals surface area contributed by atoms with Crippen LogP contribution >= 0.6 is 0 Å². The number of rotatable bonds is 2. The molecule has 2 heterocycles. The second-order valence-corrected chi connectivity index (χ2v) is 3.45. The van der Waals surface area contributed by atoms with Crippen molar-refractivity contribution in [2.24, 2.45) is 0 Å². The van der Waals surface area contributed by atoms with Crippen LogP contribution in [0.5, 0.6) is 0 Å². The van der Waals surface area contributed by atoms with Gasteiger partial charge in [0.2, 0.25) is 0 Å². The molecule has 0 aliphatic carbocycles. The molecule has 0 saturated carbocycles. The highest BCUT2D eigenvalue weighted by Crippen LogP contribution is 2.22. The lowest BCUT2D eigenvalue weighted by Crippen LogP contribution is -2.15. The molecule has 1 aliphatic heterocycles. The number of hydrogen-bond acceptors (Lipinski definition) is 4. The van der Waals surface area contributed by atoms with Crippen LogP contribution in [0.2, 0.25) is 0 Å². The van der Waals surface area contributed by atoms with Gasteiger partial charge in [-0.2, -0.15) is 5.06 Å². The molecule has 0 unspecified atom stereocenters. The summed E-state index contributed by atoms with van der Waals surface area (Å²) >= 11 is 0. The molecule has 0 fully saturated rings. The summed E-state index contributed by atoms with van der Waals surface area (Å²) in [6, 6.07) is 0. The van der Waals surface area contributed by atoms with Crippen LogP contribution < -0.4 is 0 Å². The number of fused-ring (bicyclic) bond motifs is 1. The molecule has 0 spiro atoms. The van der Waals surface area contributed by atoms with Gasteiger partial charge in [0.15, 0.2) is 11.6 Å². The highest BCUT2D eigenvalue weighted by atomic mass is 16.5. The molecule has 5 nitrogen and oxygen atoms in total. The van der Waals surface area contributed by atoms with Gasteiger partial charge < -0.3 is 9.77 Å². The van der Waals surface area contributed by atoms with Gasteiger partial charge in [-0.25, -0.2) is 4.98 Å². The highest BCUT2D eigenvalue weighted by molar-refractivity contribution is 5.90. The number of imidazole rings is 1. The average Bonchev–Trinajstić information content (AvgIpc) is 2.59. The zero-order valence-electron chi connectivity index (χ0n) is 8.32. The van der Waals surface area contributed by atoms with E-state index in [1.165, 1.54) is 12.0 Å². The van der Waals surface area contributed by atoms with Gasteiger partial charge in [0.25, 0.3) is 0 Å². The summed E-state index contributed by atoms with van der Waals surface area (Å²) in [6.07, 6.45) is 0. The van der Waals surface area contributed by atoms with Gasteiger partial charge in [-0.3, -0.25) is 4.79 Å². The Labute approximate surface area is 81.9 Å². The molecule has 2 rings (SSSR count). The fraction of sp³-hybridized carbons (Fsp3) is 0.556. The molecule has 1 N–H and O–H groups in total.